The Kier molecular flexibility index (Phi) is 3.49. The van der Waals surface area contributed by atoms with Gasteiger partial charge >= 0.3 is 0 Å². The quantitative estimate of drug-likeness (QED) is 0.633. The van der Waals surface area contributed by atoms with Crippen LogP contribution in [0.4, 0.5) is 0 Å². The maximum absolute atomic E-state index is 3.97. The summed E-state index contributed by atoms with van der Waals surface area (Å²) in [6.45, 7) is 6.00. The van der Waals surface area contributed by atoms with Crippen LogP contribution in [0.25, 0.3) is 0 Å². The zero-order valence-corrected chi connectivity index (χ0v) is 8.71. The molecule has 0 bridgehead atoms. The Bertz CT molecular complexity index is 265. The van der Waals surface area contributed by atoms with E-state index in [1.54, 1.807) is 0 Å². The molecule has 1 heterocycles. The van der Waals surface area contributed by atoms with Gasteiger partial charge in [-0.25, -0.2) is 0 Å². The molecule has 0 aromatic rings. The second-order valence-corrected chi connectivity index (χ2v) is 4.66. The summed E-state index contributed by atoms with van der Waals surface area (Å²) in [7, 11) is 0. The first kappa shape index (κ1) is 8.65. The van der Waals surface area contributed by atoms with Crippen molar-refractivity contribution in [3.8, 4) is 0 Å². The molecule has 0 aliphatic carbocycles. The highest BCUT2D eigenvalue weighted by atomic mass is 127. The third kappa shape index (κ3) is 2.58. The fourth-order valence-corrected chi connectivity index (χ4v) is 2.53. The highest BCUT2D eigenvalue weighted by Gasteiger charge is 1.96. The lowest BCUT2D eigenvalue weighted by atomic mass is 10.2. The number of hydrogen-bond donors (Lipinski definition) is 0. The van der Waals surface area contributed by atoms with Crippen LogP contribution in [0.15, 0.2) is 46.1 Å². The van der Waals surface area contributed by atoms with Crippen LogP contribution in [0.5, 0.6) is 0 Å². The lowest BCUT2D eigenvalue weighted by Crippen LogP contribution is -1.80. The first-order chi connectivity index (χ1) is 5.34. The van der Waals surface area contributed by atoms with Gasteiger partial charge in [0.2, 0.25) is 0 Å². The fourth-order valence-electron chi connectivity index (χ4n) is 0.731. The molecule has 0 amide bonds. The van der Waals surface area contributed by atoms with Gasteiger partial charge < -0.3 is 0 Å². The molecule has 0 atom stereocenters. The highest BCUT2D eigenvalue weighted by molar-refractivity contribution is 14.2. The summed E-state index contributed by atoms with van der Waals surface area (Å²) in [5, 5.41) is 0. The number of rotatable bonds is 1. The molecule has 0 saturated carbocycles. The minimum absolute atomic E-state index is 0.0946. The lowest BCUT2D eigenvalue weighted by Gasteiger charge is -2.02. The summed E-state index contributed by atoms with van der Waals surface area (Å²) < 4.78 is 3.67. The first-order valence-corrected chi connectivity index (χ1v) is 5.82. The molecule has 1 rings (SSSR count). The SMILES string of the molecule is C=C1C=CC=I/C1=C/C=C\C. The topological polar surface area (TPSA) is 0 Å². The average molecular weight is 258 g/mol. The van der Waals surface area contributed by atoms with E-state index in [0.717, 1.165) is 0 Å². The van der Waals surface area contributed by atoms with Crippen molar-refractivity contribution in [1.29, 1.82) is 0 Å². The zero-order valence-electron chi connectivity index (χ0n) is 6.55. The molecule has 0 spiro atoms. The van der Waals surface area contributed by atoms with Gasteiger partial charge in [0.05, 0.1) is 0 Å². The molecule has 0 fully saturated rings. The summed E-state index contributed by atoms with van der Waals surface area (Å²) in [5.41, 5.74) is 1.18. The Labute approximate surface area is 77.8 Å². The molecular weight excluding hydrogens is 247 g/mol. The summed E-state index contributed by atoms with van der Waals surface area (Å²) in [5.74, 6) is 0. The molecule has 0 N–H and O–H groups in total. The minimum Gasteiger partial charge on any atom is -0.0907 e. The van der Waals surface area contributed by atoms with Crippen molar-refractivity contribution in [1.82, 2.24) is 0 Å². The van der Waals surface area contributed by atoms with Gasteiger partial charge in [-0.3, -0.25) is 0 Å². The summed E-state index contributed by atoms with van der Waals surface area (Å²) >= 11 is 0.0946. The van der Waals surface area contributed by atoms with Gasteiger partial charge in [-0.2, -0.15) is 0 Å². The molecule has 0 unspecified atom stereocenters. The Hall–Kier alpha value is -0.440. The van der Waals surface area contributed by atoms with Crippen LogP contribution in [0.3, 0.4) is 0 Å². The van der Waals surface area contributed by atoms with E-state index in [0.29, 0.717) is 0 Å². The van der Waals surface area contributed by atoms with Crippen molar-refractivity contribution in [3.05, 3.63) is 46.1 Å². The summed E-state index contributed by atoms with van der Waals surface area (Å²) in [6, 6.07) is 0. The normalized spacial score (nSPS) is 21.2. The van der Waals surface area contributed by atoms with E-state index in [4.69, 9.17) is 0 Å². The van der Waals surface area contributed by atoms with Gasteiger partial charge in [-0.05, 0) is 22.6 Å². The molecule has 1 aliphatic heterocycles. The van der Waals surface area contributed by atoms with E-state index in [9.17, 15) is 0 Å². The van der Waals surface area contributed by atoms with E-state index < -0.39 is 0 Å². The van der Waals surface area contributed by atoms with Crippen molar-refractivity contribution in [2.24, 2.45) is 0 Å². The Morgan fingerprint density at radius 1 is 1.55 bits per heavy atom. The second-order valence-electron chi connectivity index (χ2n) is 2.16. The van der Waals surface area contributed by atoms with E-state index in [1.165, 1.54) is 9.15 Å². The monoisotopic (exact) mass is 258 g/mol. The molecule has 0 aromatic heterocycles. The molecule has 0 saturated heterocycles. The third-order valence-corrected chi connectivity index (χ3v) is 3.79. The number of hydrogen-bond acceptors (Lipinski definition) is 0. The van der Waals surface area contributed by atoms with Crippen LogP contribution < -0.4 is 0 Å². The fraction of sp³-hybridized carbons (Fsp3) is 0.100. The predicted molar refractivity (Wildman–Crippen MR) is 61.3 cm³/mol. The number of halogens is 1. The van der Waals surface area contributed by atoms with Gasteiger partial charge in [-0.15, -0.1) is 0 Å². The Balaban J connectivity index is 2.81. The van der Waals surface area contributed by atoms with Crippen molar-refractivity contribution in [3.63, 3.8) is 0 Å². The average Bonchev–Trinajstić information content (AvgIpc) is 2.03. The predicted octanol–water partition coefficient (Wildman–Crippen LogP) is 3.35. The van der Waals surface area contributed by atoms with Gasteiger partial charge in [0.25, 0.3) is 0 Å². The smallest absolute Gasteiger partial charge is 0.0143 e. The van der Waals surface area contributed by atoms with Crippen LogP contribution in [0.1, 0.15) is 6.92 Å². The zero-order chi connectivity index (χ0) is 8.10. The van der Waals surface area contributed by atoms with Crippen LogP contribution in [-0.2, 0) is 0 Å². The Morgan fingerprint density at radius 2 is 2.36 bits per heavy atom. The van der Waals surface area contributed by atoms with Crippen molar-refractivity contribution in [2.45, 2.75) is 6.92 Å². The molecule has 1 aliphatic rings. The van der Waals surface area contributed by atoms with E-state index in [1.807, 2.05) is 13.0 Å². The molecule has 1 heteroatoms. The largest absolute Gasteiger partial charge is 0.0907 e. The van der Waals surface area contributed by atoms with Crippen molar-refractivity contribution < 1.29 is 0 Å². The highest BCUT2D eigenvalue weighted by Crippen LogP contribution is 2.25. The third-order valence-electron chi connectivity index (χ3n) is 1.29. The molecule has 0 nitrogen and oxygen atoms in total. The first-order valence-electron chi connectivity index (χ1n) is 3.50. The Morgan fingerprint density at radius 3 is 3.00 bits per heavy atom. The molecule has 0 radical (unpaired) electrons. The molecule has 58 valence electrons. The van der Waals surface area contributed by atoms with Crippen molar-refractivity contribution >= 4 is 24.7 Å². The second kappa shape index (κ2) is 4.44. The van der Waals surface area contributed by atoms with Gasteiger partial charge in [0, 0.05) is 3.58 Å². The van der Waals surface area contributed by atoms with Crippen LogP contribution in [0.2, 0.25) is 0 Å². The lowest BCUT2D eigenvalue weighted by molar-refractivity contribution is 1.69. The standard InChI is InChI=1S/C10H11I/c1-3-4-7-10-9(2)6-5-8-11-10/h3-8H,2H2,1H3/b4-3-,10-7+. The van der Waals surface area contributed by atoms with Crippen LogP contribution in [0, 0.1) is 0 Å². The summed E-state index contributed by atoms with van der Waals surface area (Å²) in [6.07, 6.45) is 10.5. The molecule has 11 heavy (non-hydrogen) atoms. The van der Waals surface area contributed by atoms with Gasteiger partial charge in [0.15, 0.2) is 0 Å². The summed E-state index contributed by atoms with van der Waals surface area (Å²) in [4.78, 5) is 0. The van der Waals surface area contributed by atoms with Crippen LogP contribution in [-0.4, -0.2) is 4.01 Å². The maximum atomic E-state index is 3.97. The molecular formula is C10H11I. The van der Waals surface area contributed by atoms with Crippen LogP contribution >= 0.6 is 20.7 Å². The minimum atomic E-state index is 0.0946. The molecule has 0 aromatic carbocycles. The number of allylic oxidation sites excluding steroid dienone is 7. The van der Waals surface area contributed by atoms with Crippen molar-refractivity contribution in [2.75, 3.05) is 0 Å². The van der Waals surface area contributed by atoms with Gasteiger partial charge in [0.1, 0.15) is 0 Å². The van der Waals surface area contributed by atoms with E-state index >= 15 is 0 Å². The van der Waals surface area contributed by atoms with E-state index in [-0.39, 0.29) is 20.7 Å². The van der Waals surface area contributed by atoms with E-state index in [2.05, 4.69) is 34.9 Å². The maximum Gasteiger partial charge on any atom is 0.0143 e. The van der Waals surface area contributed by atoms with Gasteiger partial charge in [-0.1, -0.05) is 51.6 Å².